The summed E-state index contributed by atoms with van der Waals surface area (Å²) >= 11 is 9.48. The summed E-state index contributed by atoms with van der Waals surface area (Å²) < 4.78 is 1.03. The molecule has 0 saturated heterocycles. The standard InChI is InChI=1S/C16H18BrClN2/c1-20(2)11-12-4-3-5-15(8-12)19-10-13-6-7-14(18)9-16(13)17/h3-9,19H,10-11H2,1-2H3. The fraction of sp³-hybridized carbons (Fsp3) is 0.250. The van der Waals surface area contributed by atoms with E-state index in [4.69, 9.17) is 11.6 Å². The van der Waals surface area contributed by atoms with Gasteiger partial charge in [0.15, 0.2) is 0 Å². The molecular formula is C16H18BrClN2. The molecule has 0 saturated carbocycles. The molecule has 2 nitrogen and oxygen atoms in total. The van der Waals surface area contributed by atoms with Crippen molar-refractivity contribution >= 4 is 33.2 Å². The highest BCUT2D eigenvalue weighted by molar-refractivity contribution is 9.10. The molecule has 106 valence electrons. The molecule has 0 unspecified atom stereocenters. The molecule has 0 fully saturated rings. The highest BCUT2D eigenvalue weighted by Gasteiger charge is 2.02. The largest absolute Gasteiger partial charge is 0.381 e. The van der Waals surface area contributed by atoms with Crippen molar-refractivity contribution in [2.75, 3.05) is 19.4 Å². The fourth-order valence-corrected chi connectivity index (χ4v) is 2.83. The molecule has 0 spiro atoms. The van der Waals surface area contributed by atoms with Crippen LogP contribution in [0.15, 0.2) is 46.9 Å². The van der Waals surface area contributed by atoms with Crippen LogP contribution in [0.1, 0.15) is 11.1 Å². The summed E-state index contributed by atoms with van der Waals surface area (Å²) in [6.45, 7) is 1.71. The van der Waals surface area contributed by atoms with E-state index < -0.39 is 0 Å². The molecule has 0 amide bonds. The van der Waals surface area contributed by atoms with Crippen LogP contribution in [-0.4, -0.2) is 19.0 Å². The van der Waals surface area contributed by atoms with E-state index in [1.165, 1.54) is 11.1 Å². The van der Waals surface area contributed by atoms with E-state index in [-0.39, 0.29) is 0 Å². The van der Waals surface area contributed by atoms with Gasteiger partial charge < -0.3 is 10.2 Å². The third-order valence-electron chi connectivity index (χ3n) is 2.92. The molecule has 0 aromatic heterocycles. The molecule has 4 heteroatoms. The molecular weight excluding hydrogens is 336 g/mol. The summed E-state index contributed by atoms with van der Waals surface area (Å²) in [6, 6.07) is 14.4. The van der Waals surface area contributed by atoms with Gasteiger partial charge in [0.25, 0.3) is 0 Å². The molecule has 1 N–H and O–H groups in total. The van der Waals surface area contributed by atoms with Crippen LogP contribution in [0.2, 0.25) is 5.02 Å². The van der Waals surface area contributed by atoms with Crippen molar-refractivity contribution in [3.8, 4) is 0 Å². The normalized spacial score (nSPS) is 10.8. The molecule has 0 atom stereocenters. The minimum absolute atomic E-state index is 0.744. The Labute approximate surface area is 133 Å². The van der Waals surface area contributed by atoms with Gasteiger partial charge in [-0.15, -0.1) is 0 Å². The third-order valence-corrected chi connectivity index (χ3v) is 3.90. The summed E-state index contributed by atoms with van der Waals surface area (Å²) in [4.78, 5) is 2.16. The van der Waals surface area contributed by atoms with Crippen LogP contribution in [0.25, 0.3) is 0 Å². The number of benzene rings is 2. The van der Waals surface area contributed by atoms with Gasteiger partial charge in [-0.2, -0.15) is 0 Å². The van der Waals surface area contributed by atoms with Gasteiger partial charge in [0.2, 0.25) is 0 Å². The SMILES string of the molecule is CN(C)Cc1cccc(NCc2ccc(Cl)cc2Br)c1. The van der Waals surface area contributed by atoms with E-state index in [1.807, 2.05) is 18.2 Å². The number of hydrogen-bond acceptors (Lipinski definition) is 2. The second-order valence-corrected chi connectivity index (χ2v) is 6.32. The van der Waals surface area contributed by atoms with Crippen LogP contribution in [0.4, 0.5) is 5.69 Å². The Morgan fingerprint density at radius 3 is 2.65 bits per heavy atom. The minimum atomic E-state index is 0.744. The van der Waals surface area contributed by atoms with Gasteiger partial charge in [-0.25, -0.2) is 0 Å². The average molecular weight is 354 g/mol. The lowest BCUT2D eigenvalue weighted by molar-refractivity contribution is 0.402. The Balaban J connectivity index is 2.03. The molecule has 0 aliphatic heterocycles. The quantitative estimate of drug-likeness (QED) is 0.832. The van der Waals surface area contributed by atoms with Crippen molar-refractivity contribution in [2.45, 2.75) is 13.1 Å². The first-order valence-corrected chi connectivity index (χ1v) is 7.63. The first-order chi connectivity index (χ1) is 9.54. The number of hydrogen-bond donors (Lipinski definition) is 1. The molecule has 0 heterocycles. The van der Waals surface area contributed by atoms with Gasteiger partial charge in [0, 0.05) is 28.3 Å². The molecule has 20 heavy (non-hydrogen) atoms. The van der Waals surface area contributed by atoms with Gasteiger partial charge in [-0.05, 0) is 49.5 Å². The van der Waals surface area contributed by atoms with Crippen LogP contribution >= 0.6 is 27.5 Å². The Kier molecular flexibility index (Phi) is 5.46. The Hall–Kier alpha value is -1.03. The van der Waals surface area contributed by atoms with Crippen molar-refractivity contribution in [3.05, 3.63) is 63.1 Å². The molecule has 0 radical (unpaired) electrons. The predicted octanol–water partition coefficient (Wildman–Crippen LogP) is 4.78. The molecule has 0 aliphatic carbocycles. The smallest absolute Gasteiger partial charge is 0.0417 e. The van der Waals surface area contributed by atoms with Crippen molar-refractivity contribution in [1.29, 1.82) is 0 Å². The van der Waals surface area contributed by atoms with Crippen LogP contribution in [-0.2, 0) is 13.1 Å². The van der Waals surface area contributed by atoms with E-state index in [0.717, 1.165) is 28.3 Å². The second-order valence-electron chi connectivity index (χ2n) is 5.03. The highest BCUT2D eigenvalue weighted by Crippen LogP contribution is 2.22. The average Bonchev–Trinajstić information content (AvgIpc) is 2.37. The summed E-state index contributed by atoms with van der Waals surface area (Å²) in [5, 5.41) is 4.19. The van der Waals surface area contributed by atoms with Crippen molar-refractivity contribution in [3.63, 3.8) is 0 Å². The zero-order valence-electron chi connectivity index (χ0n) is 11.7. The van der Waals surface area contributed by atoms with Crippen LogP contribution in [0.5, 0.6) is 0 Å². The second kappa shape index (κ2) is 7.11. The minimum Gasteiger partial charge on any atom is -0.381 e. The lowest BCUT2D eigenvalue weighted by atomic mass is 10.1. The van der Waals surface area contributed by atoms with Crippen LogP contribution < -0.4 is 5.32 Å². The van der Waals surface area contributed by atoms with Crippen molar-refractivity contribution in [1.82, 2.24) is 4.90 Å². The monoisotopic (exact) mass is 352 g/mol. The topological polar surface area (TPSA) is 15.3 Å². The van der Waals surface area contributed by atoms with E-state index >= 15 is 0 Å². The Morgan fingerprint density at radius 1 is 1.15 bits per heavy atom. The summed E-state index contributed by atoms with van der Waals surface area (Å²) in [5.74, 6) is 0. The van der Waals surface area contributed by atoms with Gasteiger partial charge >= 0.3 is 0 Å². The molecule has 0 aliphatic rings. The Bertz CT molecular complexity index is 584. The lowest BCUT2D eigenvalue weighted by Crippen LogP contribution is -2.10. The molecule has 2 aromatic rings. The number of nitrogens with one attached hydrogen (secondary N) is 1. The third kappa shape index (κ3) is 4.51. The van der Waals surface area contributed by atoms with Crippen LogP contribution in [0, 0.1) is 0 Å². The van der Waals surface area contributed by atoms with Crippen molar-refractivity contribution < 1.29 is 0 Å². The first-order valence-electron chi connectivity index (χ1n) is 6.46. The molecule has 2 aromatic carbocycles. The zero-order chi connectivity index (χ0) is 14.5. The van der Waals surface area contributed by atoms with E-state index in [2.05, 4.69) is 64.5 Å². The lowest BCUT2D eigenvalue weighted by Gasteiger charge is -2.12. The predicted molar refractivity (Wildman–Crippen MR) is 90.3 cm³/mol. The first kappa shape index (κ1) is 15.4. The molecule has 0 bridgehead atoms. The van der Waals surface area contributed by atoms with Crippen LogP contribution in [0.3, 0.4) is 0 Å². The maximum atomic E-state index is 5.95. The number of halogens is 2. The van der Waals surface area contributed by atoms with Gasteiger partial charge in [0.05, 0.1) is 0 Å². The number of anilines is 1. The van der Waals surface area contributed by atoms with Gasteiger partial charge in [-0.3, -0.25) is 0 Å². The fourth-order valence-electron chi connectivity index (χ4n) is 2.01. The van der Waals surface area contributed by atoms with E-state index in [9.17, 15) is 0 Å². The maximum absolute atomic E-state index is 5.95. The van der Waals surface area contributed by atoms with Crippen molar-refractivity contribution in [2.24, 2.45) is 0 Å². The zero-order valence-corrected chi connectivity index (χ0v) is 14.0. The summed E-state index contributed by atoms with van der Waals surface area (Å²) in [5.41, 5.74) is 3.62. The Morgan fingerprint density at radius 2 is 1.95 bits per heavy atom. The molecule has 2 rings (SSSR count). The number of rotatable bonds is 5. The number of nitrogens with zero attached hydrogens (tertiary/aromatic N) is 1. The summed E-state index contributed by atoms with van der Waals surface area (Å²) in [6.07, 6.45) is 0. The summed E-state index contributed by atoms with van der Waals surface area (Å²) in [7, 11) is 4.15. The highest BCUT2D eigenvalue weighted by atomic mass is 79.9. The van der Waals surface area contributed by atoms with Gasteiger partial charge in [0.1, 0.15) is 0 Å². The van der Waals surface area contributed by atoms with Gasteiger partial charge in [-0.1, -0.05) is 45.7 Å². The maximum Gasteiger partial charge on any atom is 0.0417 e. The van der Waals surface area contributed by atoms with E-state index in [1.54, 1.807) is 0 Å². The van der Waals surface area contributed by atoms with E-state index in [0.29, 0.717) is 0 Å².